The van der Waals surface area contributed by atoms with Crippen LogP contribution in [0.25, 0.3) is 0 Å². The zero-order chi connectivity index (χ0) is 18.7. The first-order valence-electron chi connectivity index (χ1n) is 7.41. The van der Waals surface area contributed by atoms with Crippen LogP contribution in [0.15, 0.2) is 48.8 Å². The summed E-state index contributed by atoms with van der Waals surface area (Å²) in [7, 11) is 0. The van der Waals surface area contributed by atoms with Gasteiger partial charge in [-0.3, -0.25) is 4.68 Å². The first-order chi connectivity index (χ1) is 12.4. The van der Waals surface area contributed by atoms with Crippen LogP contribution in [0.1, 0.15) is 5.56 Å². The van der Waals surface area contributed by atoms with E-state index < -0.39 is 0 Å². The SMILES string of the molecule is Fc1cccc(Cl)c1Cn1cc(NC(=S)Nc2ccc(Cl)cc2Cl)cn1. The van der Waals surface area contributed by atoms with Crippen molar-refractivity contribution in [2.75, 3.05) is 10.6 Å². The van der Waals surface area contributed by atoms with E-state index in [1.807, 2.05) is 0 Å². The molecule has 1 heterocycles. The van der Waals surface area contributed by atoms with Crippen LogP contribution >= 0.6 is 47.0 Å². The minimum Gasteiger partial charge on any atom is -0.331 e. The molecule has 3 aromatic rings. The van der Waals surface area contributed by atoms with E-state index in [0.717, 1.165) is 0 Å². The van der Waals surface area contributed by atoms with Crippen molar-refractivity contribution in [3.8, 4) is 0 Å². The van der Waals surface area contributed by atoms with E-state index in [1.54, 1.807) is 47.4 Å². The van der Waals surface area contributed by atoms with Crippen molar-refractivity contribution in [2.24, 2.45) is 0 Å². The molecule has 3 rings (SSSR count). The monoisotopic (exact) mass is 428 g/mol. The number of benzene rings is 2. The number of thiocarbonyl (C=S) groups is 1. The molecule has 0 fully saturated rings. The smallest absolute Gasteiger partial charge is 0.175 e. The van der Waals surface area contributed by atoms with Gasteiger partial charge in [-0.05, 0) is 42.5 Å². The van der Waals surface area contributed by atoms with Gasteiger partial charge in [-0.1, -0.05) is 40.9 Å². The van der Waals surface area contributed by atoms with E-state index >= 15 is 0 Å². The van der Waals surface area contributed by atoms with Gasteiger partial charge in [0.1, 0.15) is 5.82 Å². The van der Waals surface area contributed by atoms with Gasteiger partial charge >= 0.3 is 0 Å². The van der Waals surface area contributed by atoms with Gasteiger partial charge in [-0.25, -0.2) is 4.39 Å². The molecule has 26 heavy (non-hydrogen) atoms. The Morgan fingerprint density at radius 3 is 2.65 bits per heavy atom. The summed E-state index contributed by atoms with van der Waals surface area (Å²) in [6.07, 6.45) is 3.27. The highest BCUT2D eigenvalue weighted by Crippen LogP contribution is 2.25. The first kappa shape index (κ1) is 18.9. The summed E-state index contributed by atoms with van der Waals surface area (Å²) < 4.78 is 15.4. The Labute approximate surface area is 169 Å². The number of nitrogens with zero attached hydrogens (tertiary/aromatic N) is 2. The molecular formula is C17H12Cl3FN4S. The van der Waals surface area contributed by atoms with Gasteiger partial charge in [0.2, 0.25) is 0 Å². The zero-order valence-electron chi connectivity index (χ0n) is 13.1. The molecule has 0 unspecified atom stereocenters. The first-order valence-corrected chi connectivity index (χ1v) is 8.95. The Kier molecular flexibility index (Phi) is 5.98. The Morgan fingerprint density at radius 1 is 1.12 bits per heavy atom. The Bertz CT molecular complexity index is 941. The molecule has 0 saturated carbocycles. The molecule has 0 atom stereocenters. The van der Waals surface area contributed by atoms with Crippen LogP contribution < -0.4 is 10.6 Å². The van der Waals surface area contributed by atoms with Gasteiger partial charge in [0.05, 0.1) is 29.1 Å². The van der Waals surface area contributed by atoms with Gasteiger partial charge in [0.15, 0.2) is 5.11 Å². The minimum atomic E-state index is -0.378. The molecule has 0 bridgehead atoms. The molecule has 2 N–H and O–H groups in total. The molecule has 0 aliphatic rings. The van der Waals surface area contributed by atoms with Crippen LogP contribution in [0.2, 0.25) is 15.1 Å². The topological polar surface area (TPSA) is 41.9 Å². The van der Waals surface area contributed by atoms with Crippen molar-refractivity contribution < 1.29 is 4.39 Å². The van der Waals surface area contributed by atoms with Gasteiger partial charge in [0.25, 0.3) is 0 Å². The van der Waals surface area contributed by atoms with Crippen molar-refractivity contribution >= 4 is 63.5 Å². The number of nitrogens with one attached hydrogen (secondary N) is 2. The predicted octanol–water partition coefficient (Wildman–Crippen LogP) is 5.84. The second kappa shape index (κ2) is 8.22. The summed E-state index contributed by atoms with van der Waals surface area (Å²) in [6.45, 7) is 0.205. The highest BCUT2D eigenvalue weighted by molar-refractivity contribution is 7.80. The third kappa shape index (κ3) is 4.65. The van der Waals surface area contributed by atoms with Crippen molar-refractivity contribution in [1.82, 2.24) is 9.78 Å². The number of hydrogen-bond donors (Lipinski definition) is 2. The summed E-state index contributed by atoms with van der Waals surface area (Å²) in [6, 6.07) is 9.60. The molecule has 0 amide bonds. The second-order valence-electron chi connectivity index (χ2n) is 5.33. The third-order valence-electron chi connectivity index (χ3n) is 3.45. The summed E-state index contributed by atoms with van der Waals surface area (Å²) in [5, 5.41) is 11.8. The molecule has 4 nitrogen and oxygen atoms in total. The molecule has 0 aliphatic heterocycles. The molecule has 0 aliphatic carbocycles. The summed E-state index contributed by atoms with van der Waals surface area (Å²) in [5.41, 5.74) is 1.64. The third-order valence-corrected chi connectivity index (χ3v) is 4.56. The molecule has 0 radical (unpaired) electrons. The van der Waals surface area contributed by atoms with Crippen molar-refractivity contribution in [3.63, 3.8) is 0 Å². The number of aromatic nitrogens is 2. The van der Waals surface area contributed by atoms with E-state index in [4.69, 9.17) is 47.0 Å². The van der Waals surface area contributed by atoms with Crippen LogP contribution in [0, 0.1) is 5.82 Å². The lowest BCUT2D eigenvalue weighted by atomic mass is 10.2. The van der Waals surface area contributed by atoms with Crippen LogP contribution in [0.3, 0.4) is 0 Å². The minimum absolute atomic E-state index is 0.205. The highest BCUT2D eigenvalue weighted by atomic mass is 35.5. The van der Waals surface area contributed by atoms with Gasteiger partial charge in [0, 0.05) is 21.8 Å². The summed E-state index contributed by atoms with van der Waals surface area (Å²) >= 11 is 23.3. The van der Waals surface area contributed by atoms with Crippen LogP contribution in [-0.4, -0.2) is 14.9 Å². The molecule has 2 aromatic carbocycles. The van der Waals surface area contributed by atoms with Crippen LogP contribution in [-0.2, 0) is 6.54 Å². The Hall–Kier alpha value is -1.86. The maximum Gasteiger partial charge on any atom is 0.175 e. The number of rotatable bonds is 4. The van der Waals surface area contributed by atoms with Crippen molar-refractivity contribution in [3.05, 3.63) is 75.2 Å². The molecular weight excluding hydrogens is 418 g/mol. The van der Waals surface area contributed by atoms with Gasteiger partial charge < -0.3 is 10.6 Å². The number of hydrogen-bond acceptors (Lipinski definition) is 2. The van der Waals surface area contributed by atoms with Crippen LogP contribution in [0.5, 0.6) is 0 Å². The molecule has 9 heteroatoms. The van der Waals surface area contributed by atoms with E-state index in [9.17, 15) is 4.39 Å². The zero-order valence-corrected chi connectivity index (χ0v) is 16.2. The van der Waals surface area contributed by atoms with E-state index in [2.05, 4.69) is 15.7 Å². The predicted molar refractivity (Wildman–Crippen MR) is 109 cm³/mol. The molecule has 134 valence electrons. The van der Waals surface area contributed by atoms with E-state index in [-0.39, 0.29) is 12.4 Å². The van der Waals surface area contributed by atoms with E-state index in [0.29, 0.717) is 37.1 Å². The molecule has 1 aromatic heterocycles. The largest absolute Gasteiger partial charge is 0.331 e. The number of halogens is 4. The summed E-state index contributed by atoms with van der Waals surface area (Å²) in [4.78, 5) is 0. The standard InChI is InChI=1S/C17H12Cl3FN4S/c18-10-4-5-16(14(20)6-10)24-17(26)23-11-7-22-25(8-11)9-12-13(19)2-1-3-15(12)21/h1-8H,9H2,(H2,23,24,26). The fraction of sp³-hybridized carbons (Fsp3) is 0.0588. The number of anilines is 2. The van der Waals surface area contributed by atoms with Gasteiger partial charge in [-0.15, -0.1) is 0 Å². The van der Waals surface area contributed by atoms with Gasteiger partial charge in [-0.2, -0.15) is 5.10 Å². The lowest BCUT2D eigenvalue weighted by Crippen LogP contribution is -2.19. The maximum atomic E-state index is 13.9. The quantitative estimate of drug-likeness (QED) is 0.511. The average Bonchev–Trinajstić information content (AvgIpc) is 3.01. The normalized spacial score (nSPS) is 10.6. The lowest BCUT2D eigenvalue weighted by Gasteiger charge is -2.10. The Morgan fingerprint density at radius 2 is 1.92 bits per heavy atom. The molecule has 0 spiro atoms. The van der Waals surface area contributed by atoms with E-state index in [1.165, 1.54) is 6.07 Å². The lowest BCUT2D eigenvalue weighted by molar-refractivity contribution is 0.585. The fourth-order valence-corrected chi connectivity index (χ4v) is 3.14. The van der Waals surface area contributed by atoms with Crippen LogP contribution in [0.4, 0.5) is 15.8 Å². The maximum absolute atomic E-state index is 13.9. The second-order valence-corrected chi connectivity index (χ2v) is 6.99. The fourth-order valence-electron chi connectivity index (χ4n) is 2.24. The average molecular weight is 430 g/mol. The highest BCUT2D eigenvalue weighted by Gasteiger charge is 2.09. The summed E-state index contributed by atoms with van der Waals surface area (Å²) in [5.74, 6) is -0.378. The Balaban J connectivity index is 1.65. The van der Waals surface area contributed by atoms with Crippen molar-refractivity contribution in [2.45, 2.75) is 6.54 Å². The molecule has 0 saturated heterocycles. The van der Waals surface area contributed by atoms with Crippen molar-refractivity contribution in [1.29, 1.82) is 0 Å².